The van der Waals surface area contributed by atoms with Crippen molar-refractivity contribution < 1.29 is 9.53 Å². The Kier molecular flexibility index (Phi) is 9.71. The molecule has 0 aromatic heterocycles. The van der Waals surface area contributed by atoms with Gasteiger partial charge in [-0.25, -0.2) is 0 Å². The van der Waals surface area contributed by atoms with E-state index >= 15 is 0 Å². The SMILES string of the molecule is CC(C)(C)C(CN1CCc2ccccc2C1)NC(=O)[C@@H]1CC[C@H](CN)O1.Cl.Cl. The number of amides is 1. The van der Waals surface area contributed by atoms with E-state index in [2.05, 4.69) is 55.3 Å². The molecule has 1 aromatic rings. The summed E-state index contributed by atoms with van der Waals surface area (Å²) in [6, 6.07) is 8.74. The molecule has 1 fully saturated rings. The Morgan fingerprint density at radius 2 is 1.93 bits per heavy atom. The number of fused-ring (bicyclic) bond motifs is 1. The van der Waals surface area contributed by atoms with Gasteiger partial charge in [-0.1, -0.05) is 45.0 Å². The summed E-state index contributed by atoms with van der Waals surface area (Å²) in [6.07, 6.45) is 2.39. The van der Waals surface area contributed by atoms with Crippen molar-refractivity contribution in [2.75, 3.05) is 19.6 Å². The van der Waals surface area contributed by atoms with E-state index in [1.54, 1.807) is 0 Å². The zero-order valence-corrected chi connectivity index (χ0v) is 18.8. The van der Waals surface area contributed by atoms with Crippen LogP contribution in [0.4, 0.5) is 0 Å². The van der Waals surface area contributed by atoms with Gasteiger partial charge in [-0.2, -0.15) is 0 Å². The fourth-order valence-corrected chi connectivity index (χ4v) is 3.84. The van der Waals surface area contributed by atoms with Gasteiger partial charge in [0.25, 0.3) is 0 Å². The molecule has 1 aromatic carbocycles. The third-order valence-corrected chi connectivity index (χ3v) is 5.68. The van der Waals surface area contributed by atoms with Gasteiger partial charge in [-0.05, 0) is 35.8 Å². The fraction of sp³-hybridized carbons (Fsp3) is 0.667. The number of carbonyl (C=O) groups is 1. The minimum Gasteiger partial charge on any atom is -0.364 e. The predicted octanol–water partition coefficient (Wildman–Crippen LogP) is 2.93. The fourth-order valence-electron chi connectivity index (χ4n) is 3.84. The number of nitrogens with one attached hydrogen (secondary N) is 1. The average molecular weight is 432 g/mol. The zero-order valence-electron chi connectivity index (χ0n) is 17.1. The summed E-state index contributed by atoms with van der Waals surface area (Å²) in [5.74, 6) is 0.0123. The van der Waals surface area contributed by atoms with E-state index in [4.69, 9.17) is 10.5 Å². The third-order valence-electron chi connectivity index (χ3n) is 5.68. The lowest BCUT2D eigenvalue weighted by Gasteiger charge is -2.38. The van der Waals surface area contributed by atoms with Crippen LogP contribution in [0.2, 0.25) is 0 Å². The molecule has 3 rings (SSSR count). The highest BCUT2D eigenvalue weighted by Gasteiger charge is 2.34. The molecule has 160 valence electrons. The molecule has 2 aliphatic rings. The number of ether oxygens (including phenoxy) is 1. The van der Waals surface area contributed by atoms with Crippen LogP contribution >= 0.6 is 24.8 Å². The maximum absolute atomic E-state index is 12.7. The molecule has 0 spiro atoms. The molecule has 3 atom stereocenters. The maximum Gasteiger partial charge on any atom is 0.249 e. The Morgan fingerprint density at radius 3 is 2.54 bits per heavy atom. The quantitative estimate of drug-likeness (QED) is 0.751. The van der Waals surface area contributed by atoms with E-state index in [9.17, 15) is 4.79 Å². The molecule has 28 heavy (non-hydrogen) atoms. The van der Waals surface area contributed by atoms with Crippen molar-refractivity contribution in [3.63, 3.8) is 0 Å². The number of carbonyl (C=O) groups excluding carboxylic acids is 1. The first-order valence-electron chi connectivity index (χ1n) is 9.82. The Morgan fingerprint density at radius 1 is 1.25 bits per heavy atom. The van der Waals surface area contributed by atoms with Crippen LogP contribution in [0, 0.1) is 5.41 Å². The molecule has 7 heteroatoms. The highest BCUT2D eigenvalue weighted by molar-refractivity contribution is 5.85. The predicted molar refractivity (Wildman–Crippen MR) is 118 cm³/mol. The summed E-state index contributed by atoms with van der Waals surface area (Å²) in [7, 11) is 0. The number of halogens is 2. The van der Waals surface area contributed by atoms with Gasteiger partial charge in [-0.15, -0.1) is 24.8 Å². The van der Waals surface area contributed by atoms with Gasteiger partial charge in [0.15, 0.2) is 0 Å². The minimum absolute atomic E-state index is 0. The number of rotatable bonds is 5. The molecular weight excluding hydrogens is 397 g/mol. The lowest BCUT2D eigenvalue weighted by Crippen LogP contribution is -2.53. The van der Waals surface area contributed by atoms with Crippen molar-refractivity contribution in [2.45, 2.75) is 64.8 Å². The number of benzene rings is 1. The Labute approximate surface area is 181 Å². The van der Waals surface area contributed by atoms with Gasteiger partial charge in [-0.3, -0.25) is 9.69 Å². The Hall–Kier alpha value is -0.850. The Balaban J connectivity index is 0.00000196. The highest BCUT2D eigenvalue weighted by Crippen LogP contribution is 2.25. The summed E-state index contributed by atoms with van der Waals surface area (Å²) >= 11 is 0. The summed E-state index contributed by atoms with van der Waals surface area (Å²) in [6.45, 7) is 9.90. The van der Waals surface area contributed by atoms with Gasteiger partial charge >= 0.3 is 0 Å². The first-order valence-corrected chi connectivity index (χ1v) is 9.82. The number of nitrogens with two attached hydrogens (primary N) is 1. The molecule has 0 aliphatic carbocycles. The van der Waals surface area contributed by atoms with Crippen molar-refractivity contribution in [1.29, 1.82) is 0 Å². The topological polar surface area (TPSA) is 67.6 Å². The van der Waals surface area contributed by atoms with E-state index in [0.717, 1.165) is 38.9 Å². The van der Waals surface area contributed by atoms with Gasteiger partial charge in [0.1, 0.15) is 6.10 Å². The second-order valence-electron chi connectivity index (χ2n) is 8.74. The summed E-state index contributed by atoms with van der Waals surface area (Å²) in [4.78, 5) is 15.2. The minimum atomic E-state index is -0.351. The molecule has 0 radical (unpaired) electrons. The van der Waals surface area contributed by atoms with Crippen LogP contribution in [0.3, 0.4) is 0 Å². The van der Waals surface area contributed by atoms with Crippen molar-refractivity contribution in [3.8, 4) is 0 Å². The molecule has 1 unspecified atom stereocenters. The molecule has 1 amide bonds. The number of nitrogens with zero attached hydrogens (tertiary/aromatic N) is 1. The average Bonchev–Trinajstić information content (AvgIpc) is 3.09. The van der Waals surface area contributed by atoms with E-state index < -0.39 is 0 Å². The third kappa shape index (κ3) is 6.33. The van der Waals surface area contributed by atoms with E-state index in [1.807, 2.05) is 0 Å². The number of hydrogen-bond donors (Lipinski definition) is 2. The van der Waals surface area contributed by atoms with Crippen LogP contribution in [-0.4, -0.2) is 48.7 Å². The van der Waals surface area contributed by atoms with Crippen molar-refractivity contribution in [1.82, 2.24) is 10.2 Å². The molecular formula is C21H35Cl2N3O2. The molecule has 2 heterocycles. The molecule has 1 saturated heterocycles. The summed E-state index contributed by atoms with van der Waals surface area (Å²) < 4.78 is 5.77. The van der Waals surface area contributed by atoms with Crippen LogP contribution in [-0.2, 0) is 22.5 Å². The molecule has 0 bridgehead atoms. The first kappa shape index (κ1) is 25.2. The van der Waals surface area contributed by atoms with Crippen molar-refractivity contribution in [2.24, 2.45) is 11.1 Å². The van der Waals surface area contributed by atoms with E-state index in [0.29, 0.717) is 6.54 Å². The molecule has 0 saturated carbocycles. The normalized spacial score (nSPS) is 23.1. The van der Waals surface area contributed by atoms with Gasteiger partial charge in [0.2, 0.25) is 5.91 Å². The molecule has 2 aliphatic heterocycles. The smallest absolute Gasteiger partial charge is 0.249 e. The lowest BCUT2D eigenvalue weighted by molar-refractivity contribution is -0.133. The van der Waals surface area contributed by atoms with Gasteiger partial charge in [0.05, 0.1) is 6.10 Å². The monoisotopic (exact) mass is 431 g/mol. The number of hydrogen-bond acceptors (Lipinski definition) is 4. The van der Waals surface area contributed by atoms with Crippen LogP contribution in [0.1, 0.15) is 44.7 Å². The van der Waals surface area contributed by atoms with Crippen molar-refractivity contribution >= 4 is 30.7 Å². The first-order chi connectivity index (χ1) is 12.4. The molecule has 5 nitrogen and oxygen atoms in total. The molecule has 3 N–H and O–H groups in total. The van der Waals surface area contributed by atoms with Gasteiger partial charge in [0, 0.05) is 32.2 Å². The largest absolute Gasteiger partial charge is 0.364 e. The summed E-state index contributed by atoms with van der Waals surface area (Å²) in [5, 5.41) is 3.27. The highest BCUT2D eigenvalue weighted by atomic mass is 35.5. The van der Waals surface area contributed by atoms with E-state index in [1.165, 1.54) is 11.1 Å². The second kappa shape index (κ2) is 10.8. The Bertz CT molecular complexity index is 636. The zero-order chi connectivity index (χ0) is 18.7. The van der Waals surface area contributed by atoms with Crippen LogP contribution in [0.15, 0.2) is 24.3 Å². The maximum atomic E-state index is 12.7. The van der Waals surface area contributed by atoms with Crippen LogP contribution < -0.4 is 11.1 Å². The van der Waals surface area contributed by atoms with Crippen LogP contribution in [0.5, 0.6) is 0 Å². The van der Waals surface area contributed by atoms with Crippen LogP contribution in [0.25, 0.3) is 0 Å². The standard InChI is InChI=1S/C21H33N3O2.2ClH/c1-21(2,3)19(23-20(25)18-9-8-17(12-22)26-18)14-24-11-10-15-6-4-5-7-16(15)13-24;;/h4-7,17-19H,8-14,22H2,1-3H3,(H,23,25);2*1H/t17-,18+,19?;;/m1../s1. The van der Waals surface area contributed by atoms with E-state index in [-0.39, 0.29) is 54.4 Å². The lowest BCUT2D eigenvalue weighted by atomic mass is 9.85. The summed E-state index contributed by atoms with van der Waals surface area (Å²) in [5.41, 5.74) is 8.51. The van der Waals surface area contributed by atoms with Crippen molar-refractivity contribution in [3.05, 3.63) is 35.4 Å². The van der Waals surface area contributed by atoms with Gasteiger partial charge < -0.3 is 15.8 Å². The second-order valence-corrected chi connectivity index (χ2v) is 8.74.